The summed E-state index contributed by atoms with van der Waals surface area (Å²) in [6, 6.07) is 8.25. The lowest BCUT2D eigenvalue weighted by Crippen LogP contribution is -2.33. The lowest BCUT2D eigenvalue weighted by Gasteiger charge is -2.32. The quantitative estimate of drug-likeness (QED) is 0.584. The molecule has 7 heteroatoms. The second kappa shape index (κ2) is 8.84. The number of hydrogen-bond acceptors (Lipinski definition) is 7. The maximum Gasteiger partial charge on any atom is 0.244 e. The van der Waals surface area contributed by atoms with Crippen LogP contribution in [0, 0.1) is 13.8 Å². The number of nitrogens with zero attached hydrogens (tertiary/aromatic N) is 4. The van der Waals surface area contributed by atoms with Gasteiger partial charge in [-0.15, -0.1) is 11.3 Å². The summed E-state index contributed by atoms with van der Waals surface area (Å²) >= 11 is 1.72. The monoisotopic (exact) mass is 398 g/mol. The first-order chi connectivity index (χ1) is 13.7. The molecular weight excluding hydrogens is 372 g/mol. The Balaban J connectivity index is 1.37. The second-order valence-corrected chi connectivity index (χ2v) is 8.25. The van der Waals surface area contributed by atoms with Crippen LogP contribution in [0.4, 0.5) is 0 Å². The van der Waals surface area contributed by atoms with Crippen LogP contribution in [0.2, 0.25) is 0 Å². The van der Waals surface area contributed by atoms with Crippen LogP contribution in [-0.4, -0.2) is 33.2 Å². The molecule has 1 aliphatic heterocycles. The van der Waals surface area contributed by atoms with E-state index in [4.69, 9.17) is 9.26 Å². The van der Waals surface area contributed by atoms with E-state index in [0.717, 1.165) is 36.8 Å². The lowest BCUT2D eigenvalue weighted by molar-refractivity contribution is 0.112. The minimum absolute atomic E-state index is 0.189. The van der Waals surface area contributed by atoms with E-state index in [1.54, 1.807) is 11.3 Å². The molecule has 0 saturated carbocycles. The van der Waals surface area contributed by atoms with Gasteiger partial charge in [0, 0.05) is 17.8 Å². The Labute approximate surface area is 169 Å². The van der Waals surface area contributed by atoms with Crippen molar-refractivity contribution >= 4 is 11.3 Å². The van der Waals surface area contributed by atoms with Gasteiger partial charge in [-0.05, 0) is 50.9 Å². The first-order valence-electron chi connectivity index (χ1n) is 9.84. The Morgan fingerprint density at radius 1 is 1.29 bits per heavy atom. The largest absolute Gasteiger partial charge is 0.493 e. The molecule has 3 aromatic rings. The molecule has 148 valence electrons. The maximum atomic E-state index is 5.81. The van der Waals surface area contributed by atoms with E-state index in [-0.39, 0.29) is 6.04 Å². The molecule has 1 atom stereocenters. The number of hydrogen-bond donors (Lipinski definition) is 0. The number of aromatic nitrogens is 3. The highest BCUT2D eigenvalue weighted by molar-refractivity contribution is 7.09. The van der Waals surface area contributed by atoms with Crippen LogP contribution in [0.25, 0.3) is 0 Å². The molecule has 28 heavy (non-hydrogen) atoms. The number of ether oxygens (including phenoxy) is 1. The Kier molecular flexibility index (Phi) is 6.02. The van der Waals surface area contributed by atoms with Gasteiger partial charge in [0.15, 0.2) is 5.82 Å². The minimum atomic E-state index is 0.189. The number of thiazole rings is 1. The number of benzene rings is 1. The highest BCUT2D eigenvalue weighted by Crippen LogP contribution is 2.32. The molecular formula is C21H26N4O2S. The standard InChI is InChI=1S/C21H26N4O2S/c1-15-6-5-7-17(12-15)26-11-9-20-23-21(27-24-20)18-8-3-4-10-25(18)13-19-16(2)22-14-28-19/h5-7,12,14,18H,3-4,8-11,13H2,1-2H3. The number of piperidine rings is 1. The topological polar surface area (TPSA) is 64.3 Å². The molecule has 0 bridgehead atoms. The smallest absolute Gasteiger partial charge is 0.244 e. The van der Waals surface area contributed by atoms with E-state index in [9.17, 15) is 0 Å². The van der Waals surface area contributed by atoms with Crippen LogP contribution >= 0.6 is 11.3 Å². The number of aryl methyl sites for hydroxylation is 2. The van der Waals surface area contributed by atoms with Crippen LogP contribution < -0.4 is 4.74 Å². The maximum absolute atomic E-state index is 5.81. The Morgan fingerprint density at radius 2 is 2.21 bits per heavy atom. The molecule has 0 aliphatic carbocycles. The fourth-order valence-electron chi connectivity index (χ4n) is 3.59. The van der Waals surface area contributed by atoms with Gasteiger partial charge < -0.3 is 9.26 Å². The fraction of sp³-hybridized carbons (Fsp3) is 0.476. The van der Waals surface area contributed by atoms with E-state index in [1.165, 1.54) is 23.3 Å². The van der Waals surface area contributed by atoms with Gasteiger partial charge in [0.2, 0.25) is 5.89 Å². The van der Waals surface area contributed by atoms with Crippen molar-refractivity contribution in [3.05, 3.63) is 57.6 Å². The van der Waals surface area contributed by atoms with Crippen LogP contribution in [0.3, 0.4) is 0 Å². The lowest BCUT2D eigenvalue weighted by atomic mass is 10.0. The highest BCUT2D eigenvalue weighted by Gasteiger charge is 2.29. The van der Waals surface area contributed by atoms with E-state index >= 15 is 0 Å². The average molecular weight is 399 g/mol. The molecule has 0 spiro atoms. The summed E-state index contributed by atoms with van der Waals surface area (Å²) in [7, 11) is 0. The summed E-state index contributed by atoms with van der Waals surface area (Å²) in [5.41, 5.74) is 4.23. The van der Waals surface area contributed by atoms with Gasteiger partial charge in [-0.3, -0.25) is 4.90 Å². The van der Waals surface area contributed by atoms with E-state index in [1.807, 2.05) is 23.7 Å². The van der Waals surface area contributed by atoms with Gasteiger partial charge in [-0.1, -0.05) is 23.7 Å². The van der Waals surface area contributed by atoms with Crippen molar-refractivity contribution in [1.29, 1.82) is 0 Å². The number of rotatable bonds is 7. The molecule has 6 nitrogen and oxygen atoms in total. The van der Waals surface area contributed by atoms with Crippen molar-refractivity contribution < 1.29 is 9.26 Å². The van der Waals surface area contributed by atoms with Crippen LogP contribution in [0.1, 0.15) is 53.2 Å². The first-order valence-corrected chi connectivity index (χ1v) is 10.7. The molecule has 2 aromatic heterocycles. The summed E-state index contributed by atoms with van der Waals surface area (Å²) in [6.45, 7) is 6.62. The van der Waals surface area contributed by atoms with Crippen molar-refractivity contribution in [2.45, 2.75) is 52.1 Å². The van der Waals surface area contributed by atoms with Gasteiger partial charge in [-0.25, -0.2) is 4.98 Å². The van der Waals surface area contributed by atoms with Crippen LogP contribution in [0.5, 0.6) is 5.75 Å². The van der Waals surface area contributed by atoms with Gasteiger partial charge in [0.05, 0.1) is 23.9 Å². The Bertz CT molecular complexity index is 907. The summed E-state index contributed by atoms with van der Waals surface area (Å²) in [5, 5.41) is 4.19. The van der Waals surface area contributed by atoms with Gasteiger partial charge in [-0.2, -0.15) is 4.98 Å². The molecule has 3 heterocycles. The van der Waals surface area contributed by atoms with Crippen molar-refractivity contribution in [3.8, 4) is 5.75 Å². The molecule has 1 unspecified atom stereocenters. The summed E-state index contributed by atoms with van der Waals surface area (Å²) < 4.78 is 11.4. The summed E-state index contributed by atoms with van der Waals surface area (Å²) in [5.74, 6) is 2.32. The molecule has 1 aliphatic rings. The van der Waals surface area contributed by atoms with Crippen LogP contribution in [0.15, 0.2) is 34.3 Å². The molecule has 4 rings (SSSR count). The third-order valence-corrected chi connectivity index (χ3v) is 6.08. The highest BCUT2D eigenvalue weighted by atomic mass is 32.1. The second-order valence-electron chi connectivity index (χ2n) is 7.31. The minimum Gasteiger partial charge on any atom is -0.493 e. The fourth-order valence-corrected chi connectivity index (χ4v) is 4.39. The molecule has 1 fully saturated rings. The zero-order valence-electron chi connectivity index (χ0n) is 16.4. The van der Waals surface area contributed by atoms with Gasteiger partial charge >= 0.3 is 0 Å². The van der Waals surface area contributed by atoms with Crippen molar-refractivity contribution in [3.63, 3.8) is 0 Å². The van der Waals surface area contributed by atoms with Crippen molar-refractivity contribution in [1.82, 2.24) is 20.0 Å². The van der Waals surface area contributed by atoms with E-state index in [2.05, 4.69) is 39.9 Å². The third-order valence-electron chi connectivity index (χ3n) is 5.16. The average Bonchev–Trinajstić information content (AvgIpc) is 3.32. The van der Waals surface area contributed by atoms with E-state index < -0.39 is 0 Å². The summed E-state index contributed by atoms with van der Waals surface area (Å²) in [4.78, 5) is 12.8. The Hall–Kier alpha value is -2.25. The van der Waals surface area contributed by atoms with Gasteiger partial charge in [0.25, 0.3) is 0 Å². The molecule has 0 amide bonds. The summed E-state index contributed by atoms with van der Waals surface area (Å²) in [6.07, 6.45) is 4.09. The molecule has 1 saturated heterocycles. The molecule has 0 radical (unpaired) electrons. The predicted molar refractivity (Wildman–Crippen MR) is 109 cm³/mol. The first kappa shape index (κ1) is 19.1. The predicted octanol–water partition coefficient (Wildman–Crippen LogP) is 4.49. The van der Waals surface area contributed by atoms with Crippen molar-refractivity contribution in [2.24, 2.45) is 0 Å². The van der Waals surface area contributed by atoms with Crippen LogP contribution in [-0.2, 0) is 13.0 Å². The number of likely N-dealkylation sites (tertiary alicyclic amines) is 1. The van der Waals surface area contributed by atoms with E-state index in [0.29, 0.717) is 18.9 Å². The van der Waals surface area contributed by atoms with Crippen molar-refractivity contribution in [2.75, 3.05) is 13.2 Å². The zero-order chi connectivity index (χ0) is 19.3. The normalized spacial score (nSPS) is 17.7. The Morgan fingerprint density at radius 3 is 3.04 bits per heavy atom. The molecule has 1 aromatic carbocycles. The molecule has 0 N–H and O–H groups in total. The SMILES string of the molecule is Cc1cccc(OCCc2noc(C3CCCCN3Cc3scnc3C)n2)c1. The zero-order valence-corrected chi connectivity index (χ0v) is 17.2. The third kappa shape index (κ3) is 4.59. The van der Waals surface area contributed by atoms with Gasteiger partial charge in [0.1, 0.15) is 5.75 Å².